The number of hydrogen-bond donors (Lipinski definition) is 1. The molecule has 0 bridgehead atoms. The monoisotopic (exact) mass is 272 g/mol. The number of fused-ring (bicyclic) bond motifs is 1. The van der Waals surface area contributed by atoms with Gasteiger partial charge in [-0.1, -0.05) is 18.2 Å². The lowest BCUT2D eigenvalue weighted by molar-refractivity contribution is -0.141. The van der Waals surface area contributed by atoms with Crippen LogP contribution < -0.4 is 5.73 Å². The van der Waals surface area contributed by atoms with Crippen molar-refractivity contribution in [2.45, 2.75) is 13.5 Å². The van der Waals surface area contributed by atoms with Crippen LogP contribution in [-0.4, -0.2) is 23.6 Å². The van der Waals surface area contributed by atoms with Crippen molar-refractivity contribution >= 4 is 28.9 Å². The lowest BCUT2D eigenvalue weighted by Gasteiger charge is -2.06. The molecule has 0 saturated heterocycles. The van der Waals surface area contributed by atoms with Crippen LogP contribution in [0.5, 0.6) is 0 Å². The van der Waals surface area contributed by atoms with Gasteiger partial charge < -0.3 is 15.0 Å². The number of nitrogens with zero attached hydrogens (tertiary/aromatic N) is 1. The van der Waals surface area contributed by atoms with Gasteiger partial charge in [-0.3, -0.25) is 9.59 Å². The molecule has 0 aliphatic carbocycles. The number of esters is 1. The standard InChI is InChI=1S/C15H16N2O3/c1-10-11(7-8-14(16)18)12-5-3-4-6-13(12)17(10)9-15(19)20-2/h3-8H,9H2,1-2H3,(H2,16,18)/b8-7+. The molecule has 1 aromatic carbocycles. The van der Waals surface area contributed by atoms with Gasteiger partial charge in [-0.05, 0) is 19.1 Å². The van der Waals surface area contributed by atoms with Crippen molar-refractivity contribution in [1.82, 2.24) is 4.57 Å². The van der Waals surface area contributed by atoms with Gasteiger partial charge in [0, 0.05) is 28.2 Å². The maximum Gasteiger partial charge on any atom is 0.325 e. The Bertz CT molecular complexity index is 698. The first-order chi connectivity index (χ1) is 9.54. The number of nitrogens with two attached hydrogens (primary N) is 1. The molecular weight excluding hydrogens is 256 g/mol. The molecule has 1 aromatic heterocycles. The van der Waals surface area contributed by atoms with E-state index in [2.05, 4.69) is 0 Å². The number of aromatic nitrogens is 1. The normalized spacial score (nSPS) is 11.1. The summed E-state index contributed by atoms with van der Waals surface area (Å²) in [6, 6.07) is 7.67. The van der Waals surface area contributed by atoms with Crippen LogP contribution in [0.2, 0.25) is 0 Å². The van der Waals surface area contributed by atoms with E-state index >= 15 is 0 Å². The number of primary amides is 1. The summed E-state index contributed by atoms with van der Waals surface area (Å²) in [7, 11) is 1.36. The lowest BCUT2D eigenvalue weighted by atomic mass is 10.1. The molecule has 104 valence electrons. The molecule has 2 aromatic rings. The number of carbonyl (C=O) groups excluding carboxylic acids is 2. The first-order valence-corrected chi connectivity index (χ1v) is 6.16. The Morgan fingerprint density at radius 1 is 1.35 bits per heavy atom. The summed E-state index contributed by atoms with van der Waals surface area (Å²) in [5, 5.41) is 0.964. The number of methoxy groups -OCH3 is 1. The SMILES string of the molecule is COC(=O)Cn1c(C)c(/C=C/C(N)=O)c2ccccc21. The van der Waals surface area contributed by atoms with Crippen LogP contribution in [0.4, 0.5) is 0 Å². The summed E-state index contributed by atoms with van der Waals surface area (Å²) >= 11 is 0. The number of ether oxygens (including phenoxy) is 1. The minimum Gasteiger partial charge on any atom is -0.468 e. The van der Waals surface area contributed by atoms with Crippen LogP contribution in [0.3, 0.4) is 0 Å². The van der Waals surface area contributed by atoms with Crippen molar-refractivity contribution in [2.24, 2.45) is 5.73 Å². The van der Waals surface area contributed by atoms with Gasteiger partial charge >= 0.3 is 5.97 Å². The molecule has 0 spiro atoms. The van der Waals surface area contributed by atoms with Gasteiger partial charge in [0.15, 0.2) is 0 Å². The average molecular weight is 272 g/mol. The second-order valence-corrected chi connectivity index (χ2v) is 4.41. The summed E-state index contributed by atoms with van der Waals surface area (Å²) in [6.45, 7) is 2.02. The van der Waals surface area contributed by atoms with E-state index in [1.165, 1.54) is 13.2 Å². The van der Waals surface area contributed by atoms with Crippen molar-refractivity contribution in [3.05, 3.63) is 41.6 Å². The van der Waals surface area contributed by atoms with Crippen LogP contribution in [0, 0.1) is 6.92 Å². The predicted molar refractivity (Wildman–Crippen MR) is 76.9 cm³/mol. The lowest BCUT2D eigenvalue weighted by Crippen LogP contribution is -2.12. The van der Waals surface area contributed by atoms with Gasteiger partial charge in [0.1, 0.15) is 6.54 Å². The highest BCUT2D eigenvalue weighted by molar-refractivity contribution is 5.97. The minimum absolute atomic E-state index is 0.132. The zero-order valence-electron chi connectivity index (χ0n) is 11.4. The molecule has 0 radical (unpaired) electrons. The smallest absolute Gasteiger partial charge is 0.325 e. The van der Waals surface area contributed by atoms with E-state index in [4.69, 9.17) is 10.5 Å². The third-order valence-electron chi connectivity index (χ3n) is 3.21. The first-order valence-electron chi connectivity index (χ1n) is 6.16. The Morgan fingerprint density at radius 2 is 2.05 bits per heavy atom. The van der Waals surface area contributed by atoms with Crippen molar-refractivity contribution in [2.75, 3.05) is 7.11 Å². The third kappa shape index (κ3) is 2.56. The molecule has 5 heteroatoms. The van der Waals surface area contributed by atoms with Crippen LogP contribution >= 0.6 is 0 Å². The van der Waals surface area contributed by atoms with E-state index in [1.54, 1.807) is 6.08 Å². The molecule has 0 saturated carbocycles. The summed E-state index contributed by atoms with van der Waals surface area (Å²) in [6.07, 6.45) is 2.99. The summed E-state index contributed by atoms with van der Waals surface area (Å²) in [4.78, 5) is 22.4. The number of para-hydroxylation sites is 1. The summed E-state index contributed by atoms with van der Waals surface area (Å²) in [5.74, 6) is -0.825. The van der Waals surface area contributed by atoms with Crippen LogP contribution in [-0.2, 0) is 20.9 Å². The molecule has 2 rings (SSSR count). The molecule has 20 heavy (non-hydrogen) atoms. The van der Waals surface area contributed by atoms with Gasteiger partial charge in [0.05, 0.1) is 7.11 Å². The fourth-order valence-corrected chi connectivity index (χ4v) is 2.23. The average Bonchev–Trinajstić information content (AvgIpc) is 2.69. The van der Waals surface area contributed by atoms with E-state index in [1.807, 2.05) is 35.8 Å². The Kier molecular flexibility index (Phi) is 3.89. The van der Waals surface area contributed by atoms with Crippen LogP contribution in [0.1, 0.15) is 11.3 Å². The van der Waals surface area contributed by atoms with Crippen LogP contribution in [0.15, 0.2) is 30.3 Å². The first kappa shape index (κ1) is 13.9. The largest absolute Gasteiger partial charge is 0.468 e. The fourth-order valence-electron chi connectivity index (χ4n) is 2.23. The molecule has 1 heterocycles. The number of hydrogen-bond acceptors (Lipinski definition) is 3. The highest BCUT2D eigenvalue weighted by Gasteiger charge is 2.14. The van der Waals surface area contributed by atoms with E-state index in [9.17, 15) is 9.59 Å². The molecule has 0 fully saturated rings. The predicted octanol–water partition coefficient (Wildman–Crippen LogP) is 1.62. The van der Waals surface area contributed by atoms with E-state index in [0.29, 0.717) is 0 Å². The molecule has 0 unspecified atom stereocenters. The van der Waals surface area contributed by atoms with Gasteiger partial charge in [0.2, 0.25) is 5.91 Å². The fraction of sp³-hybridized carbons (Fsp3) is 0.200. The molecule has 0 atom stereocenters. The van der Waals surface area contributed by atoms with Gasteiger partial charge in [-0.2, -0.15) is 0 Å². The number of amides is 1. The Morgan fingerprint density at radius 3 is 2.70 bits per heavy atom. The van der Waals surface area contributed by atoms with Crippen molar-refractivity contribution in [1.29, 1.82) is 0 Å². The number of carbonyl (C=O) groups is 2. The quantitative estimate of drug-likeness (QED) is 0.679. The maximum absolute atomic E-state index is 11.5. The molecule has 0 aliphatic heterocycles. The molecule has 2 N–H and O–H groups in total. The Labute approximate surface area is 116 Å². The van der Waals surface area contributed by atoms with Gasteiger partial charge in [-0.25, -0.2) is 0 Å². The second-order valence-electron chi connectivity index (χ2n) is 4.41. The molecule has 5 nitrogen and oxygen atoms in total. The minimum atomic E-state index is -0.505. The summed E-state index contributed by atoms with van der Waals surface area (Å²) in [5.41, 5.74) is 7.81. The van der Waals surface area contributed by atoms with E-state index < -0.39 is 5.91 Å². The maximum atomic E-state index is 11.5. The molecular formula is C15H16N2O3. The topological polar surface area (TPSA) is 74.3 Å². The number of rotatable bonds is 4. The van der Waals surface area contributed by atoms with E-state index in [-0.39, 0.29) is 12.5 Å². The van der Waals surface area contributed by atoms with E-state index in [0.717, 1.165) is 22.2 Å². The summed E-state index contributed by atoms with van der Waals surface area (Å²) < 4.78 is 6.58. The van der Waals surface area contributed by atoms with Crippen molar-refractivity contribution < 1.29 is 14.3 Å². The van der Waals surface area contributed by atoms with Crippen molar-refractivity contribution in [3.63, 3.8) is 0 Å². The highest BCUT2D eigenvalue weighted by atomic mass is 16.5. The Hall–Kier alpha value is -2.56. The van der Waals surface area contributed by atoms with Crippen molar-refractivity contribution in [3.8, 4) is 0 Å². The third-order valence-corrected chi connectivity index (χ3v) is 3.21. The van der Waals surface area contributed by atoms with Gasteiger partial charge in [-0.15, -0.1) is 0 Å². The Balaban J connectivity index is 2.61. The molecule has 1 amide bonds. The zero-order valence-corrected chi connectivity index (χ0v) is 11.4. The van der Waals surface area contributed by atoms with Gasteiger partial charge in [0.25, 0.3) is 0 Å². The number of benzene rings is 1. The zero-order chi connectivity index (χ0) is 14.7. The highest BCUT2D eigenvalue weighted by Crippen LogP contribution is 2.27. The van der Waals surface area contributed by atoms with Crippen LogP contribution in [0.25, 0.3) is 17.0 Å². The molecule has 0 aliphatic rings. The second kappa shape index (κ2) is 5.61.